The molecule has 0 bridgehead atoms. The molecule has 1 aromatic carbocycles. The van der Waals surface area contributed by atoms with Gasteiger partial charge >= 0.3 is 0 Å². The largest absolute Gasteiger partial charge is 0.469 e. The number of thiophene rings is 1. The molecule has 2 heterocycles. The van der Waals surface area contributed by atoms with Crippen LogP contribution in [0.25, 0.3) is 10.2 Å². The number of carbonyl (C=O) groups is 2. The van der Waals surface area contributed by atoms with Crippen LogP contribution in [-0.2, 0) is 4.79 Å². The number of aryl methyl sites for hydroxylation is 2. The van der Waals surface area contributed by atoms with E-state index in [-0.39, 0.29) is 18.3 Å². The van der Waals surface area contributed by atoms with Crippen LogP contribution in [0.5, 0.6) is 5.88 Å². The van der Waals surface area contributed by atoms with Gasteiger partial charge in [0.05, 0.1) is 5.39 Å². The van der Waals surface area contributed by atoms with Gasteiger partial charge in [0, 0.05) is 22.5 Å². The van der Waals surface area contributed by atoms with Crippen LogP contribution in [0.15, 0.2) is 30.6 Å². The number of nitrogens with one attached hydrogen (secondary N) is 1. The molecule has 0 radical (unpaired) electrons. The Kier molecular flexibility index (Phi) is 5.27. The highest BCUT2D eigenvalue weighted by molar-refractivity contribution is 7.18. The van der Waals surface area contributed by atoms with E-state index in [1.807, 2.05) is 13.8 Å². The first-order valence-electron chi connectivity index (χ1n) is 8.26. The van der Waals surface area contributed by atoms with Crippen LogP contribution in [0.2, 0.25) is 0 Å². The van der Waals surface area contributed by atoms with Crippen LogP contribution in [0.1, 0.15) is 34.1 Å². The standard InChI is InChI=1S/C19H19N3O3S/c1-4-16(24)22-14-7-5-13(6-8-14)15(23)9-25-18-17-11(2)12(3)26-19(17)21-10-20-18/h5-8,10H,4,9H2,1-3H3,(H,22,24). The molecule has 0 saturated carbocycles. The molecule has 3 aromatic rings. The van der Waals surface area contributed by atoms with Crippen LogP contribution in [0.4, 0.5) is 5.69 Å². The fraction of sp³-hybridized carbons (Fsp3) is 0.263. The summed E-state index contributed by atoms with van der Waals surface area (Å²) in [6.07, 6.45) is 1.85. The van der Waals surface area contributed by atoms with Gasteiger partial charge in [-0.2, -0.15) is 0 Å². The summed E-state index contributed by atoms with van der Waals surface area (Å²) in [5, 5.41) is 3.61. The fourth-order valence-corrected chi connectivity index (χ4v) is 3.45. The predicted octanol–water partition coefficient (Wildman–Crippen LogP) is 3.92. The lowest BCUT2D eigenvalue weighted by atomic mass is 10.1. The summed E-state index contributed by atoms with van der Waals surface area (Å²) in [7, 11) is 0. The Balaban J connectivity index is 1.70. The molecule has 0 spiro atoms. The van der Waals surface area contributed by atoms with Gasteiger partial charge in [-0.05, 0) is 43.7 Å². The highest BCUT2D eigenvalue weighted by Gasteiger charge is 2.15. The predicted molar refractivity (Wildman–Crippen MR) is 102 cm³/mol. The zero-order chi connectivity index (χ0) is 18.7. The van der Waals surface area contributed by atoms with E-state index in [1.165, 1.54) is 6.33 Å². The van der Waals surface area contributed by atoms with Crippen LogP contribution in [-0.4, -0.2) is 28.3 Å². The number of amides is 1. The molecule has 6 nitrogen and oxygen atoms in total. The van der Waals surface area contributed by atoms with E-state index in [0.717, 1.165) is 20.7 Å². The summed E-state index contributed by atoms with van der Waals surface area (Å²) in [4.78, 5) is 34.2. The van der Waals surface area contributed by atoms with Crippen molar-refractivity contribution in [3.05, 3.63) is 46.6 Å². The SMILES string of the molecule is CCC(=O)Nc1ccc(C(=O)COc2ncnc3sc(C)c(C)c23)cc1. The Bertz CT molecular complexity index is 964. The minimum atomic E-state index is -0.158. The maximum Gasteiger partial charge on any atom is 0.226 e. The molecule has 3 rings (SSSR count). The Labute approximate surface area is 155 Å². The number of aromatic nitrogens is 2. The van der Waals surface area contributed by atoms with Crippen molar-refractivity contribution in [1.82, 2.24) is 9.97 Å². The number of benzene rings is 1. The minimum absolute atomic E-state index is 0.0679. The average Bonchev–Trinajstić information content (AvgIpc) is 2.95. The first kappa shape index (κ1) is 18.0. The van der Waals surface area contributed by atoms with Gasteiger partial charge in [-0.15, -0.1) is 11.3 Å². The molecule has 26 heavy (non-hydrogen) atoms. The third-order valence-corrected chi connectivity index (χ3v) is 5.20. The molecule has 0 unspecified atom stereocenters. The number of ketones is 1. The summed E-state index contributed by atoms with van der Waals surface area (Å²) >= 11 is 1.58. The molecule has 1 N–H and O–H groups in total. The lowest BCUT2D eigenvalue weighted by molar-refractivity contribution is -0.115. The van der Waals surface area contributed by atoms with Crippen molar-refractivity contribution in [2.45, 2.75) is 27.2 Å². The molecule has 0 atom stereocenters. The van der Waals surface area contributed by atoms with Crippen LogP contribution in [0.3, 0.4) is 0 Å². The van der Waals surface area contributed by atoms with E-state index >= 15 is 0 Å². The number of ether oxygens (including phenoxy) is 1. The van der Waals surface area contributed by atoms with Crippen molar-refractivity contribution in [1.29, 1.82) is 0 Å². The number of carbonyl (C=O) groups excluding carboxylic acids is 2. The number of Topliss-reactive ketones (excluding diaryl/α,β-unsaturated/α-hetero) is 1. The van der Waals surface area contributed by atoms with Crippen LogP contribution < -0.4 is 10.1 Å². The van der Waals surface area contributed by atoms with Crippen molar-refractivity contribution < 1.29 is 14.3 Å². The highest BCUT2D eigenvalue weighted by Crippen LogP contribution is 2.33. The first-order chi connectivity index (χ1) is 12.5. The van der Waals surface area contributed by atoms with Gasteiger partial charge < -0.3 is 10.1 Å². The second kappa shape index (κ2) is 7.61. The number of rotatable bonds is 6. The quantitative estimate of drug-likeness (QED) is 0.666. The molecular formula is C19H19N3O3S. The van der Waals surface area contributed by atoms with E-state index < -0.39 is 0 Å². The third kappa shape index (κ3) is 3.72. The third-order valence-electron chi connectivity index (χ3n) is 4.08. The van der Waals surface area contributed by atoms with Gasteiger partial charge in [-0.25, -0.2) is 9.97 Å². The number of fused-ring (bicyclic) bond motifs is 1. The highest BCUT2D eigenvalue weighted by atomic mass is 32.1. The second-order valence-corrected chi connectivity index (χ2v) is 7.04. The average molecular weight is 369 g/mol. The van der Waals surface area contributed by atoms with E-state index in [4.69, 9.17) is 4.74 Å². The van der Waals surface area contributed by atoms with Crippen molar-refractivity contribution in [2.24, 2.45) is 0 Å². The van der Waals surface area contributed by atoms with Gasteiger partial charge in [0.15, 0.2) is 12.4 Å². The van der Waals surface area contributed by atoms with Gasteiger partial charge in [0.1, 0.15) is 11.2 Å². The molecule has 2 aromatic heterocycles. The maximum atomic E-state index is 12.4. The normalized spacial score (nSPS) is 10.7. The molecule has 7 heteroatoms. The maximum absolute atomic E-state index is 12.4. The van der Waals surface area contributed by atoms with Gasteiger partial charge in [-0.3, -0.25) is 9.59 Å². The monoisotopic (exact) mass is 369 g/mol. The molecule has 0 aliphatic heterocycles. The lowest BCUT2D eigenvalue weighted by Crippen LogP contribution is -2.13. The molecule has 1 amide bonds. The van der Waals surface area contributed by atoms with E-state index in [2.05, 4.69) is 15.3 Å². The summed E-state index contributed by atoms with van der Waals surface area (Å²) in [6.45, 7) is 5.69. The van der Waals surface area contributed by atoms with E-state index in [9.17, 15) is 9.59 Å². The molecular weight excluding hydrogens is 350 g/mol. The number of nitrogens with zero attached hydrogens (tertiary/aromatic N) is 2. The Morgan fingerprint density at radius 3 is 2.58 bits per heavy atom. The number of hydrogen-bond acceptors (Lipinski definition) is 6. The van der Waals surface area contributed by atoms with Gasteiger partial charge in [0.2, 0.25) is 11.8 Å². The molecule has 0 aliphatic carbocycles. The van der Waals surface area contributed by atoms with Gasteiger partial charge in [0.25, 0.3) is 0 Å². The Hall–Kier alpha value is -2.80. The topological polar surface area (TPSA) is 81.2 Å². The van der Waals surface area contributed by atoms with Crippen molar-refractivity contribution in [3.63, 3.8) is 0 Å². The summed E-state index contributed by atoms with van der Waals surface area (Å²) in [6, 6.07) is 6.76. The molecule has 0 saturated heterocycles. The van der Waals surface area contributed by atoms with Crippen molar-refractivity contribution in [3.8, 4) is 5.88 Å². The summed E-state index contributed by atoms with van der Waals surface area (Å²) in [5.74, 6) is 0.202. The number of hydrogen-bond donors (Lipinski definition) is 1. The fourth-order valence-electron chi connectivity index (χ4n) is 2.47. The lowest BCUT2D eigenvalue weighted by Gasteiger charge is -2.07. The second-order valence-electron chi connectivity index (χ2n) is 5.83. The first-order valence-corrected chi connectivity index (χ1v) is 9.07. The zero-order valence-corrected chi connectivity index (χ0v) is 15.6. The van der Waals surface area contributed by atoms with Crippen LogP contribution >= 0.6 is 11.3 Å². The minimum Gasteiger partial charge on any atom is -0.469 e. The van der Waals surface area contributed by atoms with Gasteiger partial charge in [-0.1, -0.05) is 6.92 Å². The smallest absolute Gasteiger partial charge is 0.226 e. The van der Waals surface area contributed by atoms with E-state index in [1.54, 1.807) is 42.5 Å². The van der Waals surface area contributed by atoms with Crippen LogP contribution in [0, 0.1) is 13.8 Å². The van der Waals surface area contributed by atoms with Crippen molar-refractivity contribution >= 4 is 38.9 Å². The molecule has 0 aliphatic rings. The van der Waals surface area contributed by atoms with Crippen molar-refractivity contribution in [2.75, 3.05) is 11.9 Å². The molecule has 0 fully saturated rings. The Morgan fingerprint density at radius 2 is 1.88 bits per heavy atom. The number of anilines is 1. The Morgan fingerprint density at radius 1 is 1.15 bits per heavy atom. The summed E-state index contributed by atoms with van der Waals surface area (Å²) < 4.78 is 5.68. The van der Waals surface area contributed by atoms with E-state index in [0.29, 0.717) is 23.6 Å². The zero-order valence-electron chi connectivity index (χ0n) is 14.8. The summed E-state index contributed by atoms with van der Waals surface area (Å²) in [5.41, 5.74) is 2.25. The molecule has 134 valence electrons.